The molecule has 0 heterocycles. The largest absolute Gasteiger partial charge is 0.472 e. The van der Waals surface area contributed by atoms with Gasteiger partial charge in [0.25, 0.3) is 0 Å². The SMILES string of the molecule is CCCCCC=CCC=CCC=CCC=CCCCCCC(=O)OC(COC(=O)CCCCCCCC=CCCCCCC)COP(=O)(O)OCCN. The van der Waals surface area contributed by atoms with Crippen LogP contribution in [0.15, 0.2) is 60.8 Å². The molecule has 0 radical (unpaired) electrons. The van der Waals surface area contributed by atoms with Crippen LogP contribution in [0.1, 0.15) is 168 Å². The molecule has 10 heteroatoms. The van der Waals surface area contributed by atoms with Gasteiger partial charge in [0.1, 0.15) is 6.61 Å². The summed E-state index contributed by atoms with van der Waals surface area (Å²) in [7, 11) is -4.39. The van der Waals surface area contributed by atoms with E-state index >= 15 is 0 Å². The van der Waals surface area contributed by atoms with Crippen molar-refractivity contribution < 1.29 is 37.6 Å². The van der Waals surface area contributed by atoms with E-state index in [2.05, 4.69) is 74.6 Å². The van der Waals surface area contributed by atoms with Crippen LogP contribution in [0, 0.1) is 0 Å². The predicted molar refractivity (Wildman–Crippen MR) is 219 cm³/mol. The highest BCUT2D eigenvalue weighted by atomic mass is 31.2. The van der Waals surface area contributed by atoms with Gasteiger partial charge < -0.3 is 20.1 Å². The second kappa shape index (κ2) is 39.4. The molecule has 3 N–H and O–H groups in total. The number of hydrogen-bond donors (Lipinski definition) is 2. The maximum atomic E-state index is 12.6. The number of phosphoric ester groups is 1. The summed E-state index contributed by atoms with van der Waals surface area (Å²) in [4.78, 5) is 34.8. The lowest BCUT2D eigenvalue weighted by Crippen LogP contribution is -2.29. The predicted octanol–water partition coefficient (Wildman–Crippen LogP) is 11.7. The molecule has 2 unspecified atom stereocenters. The van der Waals surface area contributed by atoms with E-state index in [0.29, 0.717) is 12.8 Å². The second-order valence-corrected chi connectivity index (χ2v) is 14.9. The molecular formula is C43H76NO8P. The van der Waals surface area contributed by atoms with Gasteiger partial charge >= 0.3 is 19.8 Å². The molecule has 0 aromatic heterocycles. The van der Waals surface area contributed by atoms with Crippen molar-refractivity contribution >= 4 is 19.8 Å². The first kappa shape index (κ1) is 50.7. The van der Waals surface area contributed by atoms with Crippen LogP contribution in [0.4, 0.5) is 0 Å². The number of carbonyl (C=O) groups excluding carboxylic acids is 2. The van der Waals surface area contributed by atoms with Crippen LogP contribution < -0.4 is 5.73 Å². The third-order valence-corrected chi connectivity index (χ3v) is 9.36. The van der Waals surface area contributed by atoms with Gasteiger partial charge in [0.15, 0.2) is 6.10 Å². The Kier molecular flexibility index (Phi) is 37.7. The Balaban J connectivity index is 4.27. The van der Waals surface area contributed by atoms with Gasteiger partial charge in [-0.1, -0.05) is 132 Å². The van der Waals surface area contributed by atoms with Crippen molar-refractivity contribution in [3.8, 4) is 0 Å². The lowest BCUT2D eigenvalue weighted by atomic mass is 10.1. The highest BCUT2D eigenvalue weighted by molar-refractivity contribution is 7.47. The first-order valence-corrected chi connectivity index (χ1v) is 22.3. The number of ether oxygens (including phenoxy) is 2. The first-order chi connectivity index (χ1) is 25.8. The van der Waals surface area contributed by atoms with Crippen molar-refractivity contribution in [2.24, 2.45) is 5.73 Å². The van der Waals surface area contributed by atoms with Crippen LogP contribution in [-0.4, -0.2) is 49.3 Å². The Morgan fingerprint density at radius 1 is 0.566 bits per heavy atom. The third kappa shape index (κ3) is 39.2. The number of unbranched alkanes of at least 4 members (excludes halogenated alkanes) is 15. The molecule has 0 aromatic carbocycles. The van der Waals surface area contributed by atoms with Crippen LogP contribution in [0.25, 0.3) is 0 Å². The van der Waals surface area contributed by atoms with Gasteiger partial charge in [-0.2, -0.15) is 0 Å². The molecule has 0 aliphatic carbocycles. The molecule has 306 valence electrons. The standard InChI is InChI=1S/C43H76NO8P/c1-3-5-7-9-11-13-15-17-18-19-20-21-22-24-26-28-30-32-34-36-43(46)52-41(40-51-53(47,48)50-38-37-44)39-49-42(45)35-33-31-29-27-25-23-16-14-12-10-8-6-4-2/h11,13-14,16-18,20-21,24,26,41H,3-10,12,15,19,22-23,25,27-40,44H2,1-2H3,(H,47,48). The molecule has 9 nitrogen and oxygen atoms in total. The summed E-state index contributed by atoms with van der Waals surface area (Å²) < 4.78 is 32.7. The number of hydrogen-bond acceptors (Lipinski definition) is 8. The molecule has 0 bridgehead atoms. The van der Waals surface area contributed by atoms with E-state index in [0.717, 1.165) is 70.6 Å². The summed E-state index contributed by atoms with van der Waals surface area (Å²) in [6, 6.07) is 0. The fourth-order valence-corrected chi connectivity index (χ4v) is 6.02. The van der Waals surface area contributed by atoms with Crippen LogP contribution in [0.3, 0.4) is 0 Å². The second-order valence-electron chi connectivity index (χ2n) is 13.5. The number of esters is 2. The van der Waals surface area contributed by atoms with Gasteiger partial charge in [-0.15, -0.1) is 0 Å². The minimum absolute atomic E-state index is 0.0442. The molecule has 0 rings (SSSR count). The molecule has 0 aliphatic heterocycles. The lowest BCUT2D eigenvalue weighted by molar-refractivity contribution is -0.161. The monoisotopic (exact) mass is 766 g/mol. The highest BCUT2D eigenvalue weighted by Gasteiger charge is 2.25. The maximum absolute atomic E-state index is 12.6. The smallest absolute Gasteiger partial charge is 0.462 e. The van der Waals surface area contributed by atoms with Crippen molar-refractivity contribution in [1.82, 2.24) is 0 Å². The molecule has 0 fully saturated rings. The minimum atomic E-state index is -4.39. The Morgan fingerprint density at radius 3 is 1.53 bits per heavy atom. The third-order valence-electron chi connectivity index (χ3n) is 8.38. The zero-order chi connectivity index (χ0) is 38.9. The van der Waals surface area contributed by atoms with E-state index in [1.54, 1.807) is 0 Å². The molecule has 0 aliphatic rings. The lowest BCUT2D eigenvalue weighted by Gasteiger charge is -2.19. The zero-order valence-corrected chi connectivity index (χ0v) is 34.4. The molecule has 2 atom stereocenters. The van der Waals surface area contributed by atoms with Gasteiger partial charge in [0.05, 0.1) is 13.2 Å². The fourth-order valence-electron chi connectivity index (χ4n) is 5.26. The maximum Gasteiger partial charge on any atom is 0.472 e. The molecule has 0 aromatic rings. The van der Waals surface area contributed by atoms with Crippen LogP contribution in [0.2, 0.25) is 0 Å². The average molecular weight is 766 g/mol. The highest BCUT2D eigenvalue weighted by Crippen LogP contribution is 2.43. The molecule has 0 amide bonds. The van der Waals surface area contributed by atoms with Crippen molar-refractivity contribution in [3.63, 3.8) is 0 Å². The molecule has 0 saturated heterocycles. The summed E-state index contributed by atoms with van der Waals surface area (Å²) in [5, 5.41) is 0. The fraction of sp³-hybridized carbons (Fsp3) is 0.721. The van der Waals surface area contributed by atoms with Gasteiger partial charge in [0.2, 0.25) is 0 Å². The van der Waals surface area contributed by atoms with Crippen molar-refractivity contribution in [2.45, 2.75) is 174 Å². The zero-order valence-electron chi connectivity index (χ0n) is 33.5. The van der Waals surface area contributed by atoms with Crippen molar-refractivity contribution in [1.29, 1.82) is 0 Å². The topological polar surface area (TPSA) is 134 Å². The quantitative estimate of drug-likeness (QED) is 0.0272. The number of rotatable bonds is 38. The number of phosphoric acid groups is 1. The number of allylic oxidation sites excluding steroid dienone is 10. The van der Waals surface area contributed by atoms with Gasteiger partial charge in [-0.05, 0) is 83.5 Å². The molecule has 0 spiro atoms. The number of nitrogens with two attached hydrogens (primary N) is 1. The summed E-state index contributed by atoms with van der Waals surface area (Å²) in [6.07, 6.45) is 45.3. The Labute approximate surface area is 323 Å². The van der Waals surface area contributed by atoms with E-state index in [9.17, 15) is 19.0 Å². The van der Waals surface area contributed by atoms with E-state index in [1.165, 1.54) is 57.8 Å². The van der Waals surface area contributed by atoms with Crippen LogP contribution in [-0.2, 0) is 32.7 Å². The first-order valence-electron chi connectivity index (χ1n) is 20.8. The van der Waals surface area contributed by atoms with E-state index in [-0.39, 0.29) is 32.6 Å². The molecular weight excluding hydrogens is 689 g/mol. The van der Waals surface area contributed by atoms with Gasteiger partial charge in [0, 0.05) is 19.4 Å². The normalized spacial score (nSPS) is 14.0. The Morgan fingerprint density at radius 2 is 0.981 bits per heavy atom. The van der Waals surface area contributed by atoms with Gasteiger partial charge in [-0.3, -0.25) is 18.6 Å². The van der Waals surface area contributed by atoms with E-state index in [4.69, 9.17) is 24.3 Å². The van der Waals surface area contributed by atoms with E-state index < -0.39 is 32.5 Å². The van der Waals surface area contributed by atoms with E-state index in [1.807, 2.05) is 0 Å². The summed E-state index contributed by atoms with van der Waals surface area (Å²) in [5.41, 5.74) is 5.34. The Bertz CT molecular complexity index is 1050. The average Bonchev–Trinajstić information content (AvgIpc) is 3.14. The van der Waals surface area contributed by atoms with Crippen LogP contribution in [0.5, 0.6) is 0 Å². The summed E-state index contributed by atoms with van der Waals surface area (Å²) in [6.45, 7) is 3.62. The van der Waals surface area contributed by atoms with Crippen molar-refractivity contribution in [2.75, 3.05) is 26.4 Å². The summed E-state index contributed by atoms with van der Waals surface area (Å²) >= 11 is 0. The molecule has 53 heavy (non-hydrogen) atoms. The summed E-state index contributed by atoms with van der Waals surface area (Å²) in [5.74, 6) is -0.880. The van der Waals surface area contributed by atoms with Gasteiger partial charge in [-0.25, -0.2) is 4.57 Å². The molecule has 0 saturated carbocycles. The minimum Gasteiger partial charge on any atom is -0.462 e. The Hall–Kier alpha value is -2.29. The number of carbonyl (C=O) groups is 2. The van der Waals surface area contributed by atoms with Crippen molar-refractivity contribution in [3.05, 3.63) is 60.8 Å². The van der Waals surface area contributed by atoms with Crippen LogP contribution >= 0.6 is 7.82 Å².